The van der Waals surface area contributed by atoms with Gasteiger partial charge in [-0.2, -0.15) is 11.8 Å². The standard InChI is InChI=1S/C21H30N2O3S/c1-25-18-5-3-2-4-17(18)21(6-7-21)19(24)22-16-20(8-12-26-13-9-20)23-10-14-27-15-11-23/h2-5H,6-16H2,1H3,(H,22,24). The number of nitrogens with zero attached hydrogens (tertiary/aromatic N) is 1. The number of carbonyl (C=O) groups is 1. The van der Waals surface area contributed by atoms with E-state index in [2.05, 4.69) is 10.2 Å². The zero-order valence-corrected chi connectivity index (χ0v) is 17.0. The lowest BCUT2D eigenvalue weighted by atomic mass is 9.86. The van der Waals surface area contributed by atoms with E-state index in [1.807, 2.05) is 36.0 Å². The maximum atomic E-state index is 13.2. The average molecular weight is 391 g/mol. The molecule has 1 saturated carbocycles. The van der Waals surface area contributed by atoms with Crippen LogP contribution in [-0.4, -0.2) is 67.8 Å². The van der Waals surface area contributed by atoms with Crippen LogP contribution in [0.2, 0.25) is 0 Å². The summed E-state index contributed by atoms with van der Waals surface area (Å²) in [7, 11) is 1.68. The third-order valence-corrected chi connectivity index (χ3v) is 7.43. The summed E-state index contributed by atoms with van der Waals surface area (Å²) in [6.45, 7) is 4.52. The molecule has 2 heterocycles. The van der Waals surface area contributed by atoms with E-state index in [0.29, 0.717) is 0 Å². The van der Waals surface area contributed by atoms with Gasteiger partial charge >= 0.3 is 0 Å². The first-order valence-electron chi connectivity index (χ1n) is 10.0. The summed E-state index contributed by atoms with van der Waals surface area (Å²) in [4.78, 5) is 15.8. The van der Waals surface area contributed by atoms with Gasteiger partial charge in [0.1, 0.15) is 5.75 Å². The van der Waals surface area contributed by atoms with Gasteiger partial charge < -0.3 is 14.8 Å². The molecule has 0 atom stereocenters. The van der Waals surface area contributed by atoms with E-state index in [4.69, 9.17) is 9.47 Å². The Morgan fingerprint density at radius 3 is 2.56 bits per heavy atom. The van der Waals surface area contributed by atoms with Gasteiger partial charge in [0.25, 0.3) is 0 Å². The van der Waals surface area contributed by atoms with Gasteiger partial charge in [0.15, 0.2) is 0 Å². The van der Waals surface area contributed by atoms with Crippen LogP contribution in [0.4, 0.5) is 0 Å². The fourth-order valence-corrected chi connectivity index (χ4v) is 5.49. The van der Waals surface area contributed by atoms with Gasteiger partial charge in [0.2, 0.25) is 5.91 Å². The Hall–Kier alpha value is -1.24. The van der Waals surface area contributed by atoms with Crippen molar-refractivity contribution in [2.24, 2.45) is 0 Å². The van der Waals surface area contributed by atoms with Crippen LogP contribution in [0.25, 0.3) is 0 Å². The van der Waals surface area contributed by atoms with E-state index >= 15 is 0 Å². The molecule has 0 spiro atoms. The van der Waals surface area contributed by atoms with Gasteiger partial charge in [-0.3, -0.25) is 9.69 Å². The quantitative estimate of drug-likeness (QED) is 0.809. The fraction of sp³-hybridized carbons (Fsp3) is 0.667. The molecular weight excluding hydrogens is 360 g/mol. The van der Waals surface area contributed by atoms with Gasteiger partial charge in [-0.05, 0) is 31.7 Å². The van der Waals surface area contributed by atoms with Crippen molar-refractivity contribution < 1.29 is 14.3 Å². The van der Waals surface area contributed by atoms with Crippen LogP contribution in [0.1, 0.15) is 31.2 Å². The van der Waals surface area contributed by atoms with Crippen LogP contribution in [0.3, 0.4) is 0 Å². The molecule has 4 rings (SSSR count). The molecule has 5 nitrogen and oxygen atoms in total. The van der Waals surface area contributed by atoms with Gasteiger partial charge in [0.05, 0.1) is 12.5 Å². The molecule has 0 unspecified atom stereocenters. The Labute approximate surface area is 166 Å². The normalized spacial score (nSPS) is 24.2. The molecular formula is C21H30N2O3S. The van der Waals surface area contributed by atoms with Gasteiger partial charge in [-0.15, -0.1) is 0 Å². The first-order chi connectivity index (χ1) is 13.2. The predicted octanol–water partition coefficient (Wildman–Crippen LogP) is 2.44. The second-order valence-electron chi connectivity index (χ2n) is 7.90. The summed E-state index contributed by atoms with van der Waals surface area (Å²) >= 11 is 2.03. The van der Waals surface area contributed by atoms with E-state index < -0.39 is 5.41 Å². The highest BCUT2D eigenvalue weighted by atomic mass is 32.2. The number of carbonyl (C=O) groups excluding carboxylic acids is 1. The molecule has 6 heteroatoms. The van der Waals surface area contributed by atoms with Crippen LogP contribution in [-0.2, 0) is 14.9 Å². The number of amides is 1. The maximum absolute atomic E-state index is 13.2. The minimum absolute atomic E-state index is 0.0474. The maximum Gasteiger partial charge on any atom is 0.230 e. The molecule has 1 aromatic rings. The highest BCUT2D eigenvalue weighted by Crippen LogP contribution is 2.51. The summed E-state index contributed by atoms with van der Waals surface area (Å²) in [5, 5.41) is 3.34. The summed E-state index contributed by atoms with van der Waals surface area (Å²) in [6, 6.07) is 7.95. The second kappa shape index (κ2) is 8.02. The average Bonchev–Trinajstić information content (AvgIpc) is 3.55. The summed E-state index contributed by atoms with van der Waals surface area (Å²) in [5.41, 5.74) is 0.669. The number of benzene rings is 1. The zero-order valence-electron chi connectivity index (χ0n) is 16.2. The molecule has 0 aromatic heterocycles. The van der Waals surface area contributed by atoms with E-state index in [9.17, 15) is 4.79 Å². The number of hydrogen-bond donors (Lipinski definition) is 1. The number of hydrogen-bond acceptors (Lipinski definition) is 5. The Bertz CT molecular complexity index is 665. The van der Waals surface area contributed by atoms with Crippen molar-refractivity contribution in [2.45, 2.75) is 36.6 Å². The van der Waals surface area contributed by atoms with E-state index in [1.54, 1.807) is 7.11 Å². The molecule has 1 aromatic carbocycles. The SMILES string of the molecule is COc1ccccc1C1(C(=O)NCC2(N3CCSCC3)CCOCC2)CC1. The summed E-state index contributed by atoms with van der Waals surface area (Å²) < 4.78 is 11.2. The van der Waals surface area contributed by atoms with Crippen molar-refractivity contribution in [3.8, 4) is 5.75 Å². The Morgan fingerprint density at radius 2 is 1.89 bits per heavy atom. The molecule has 3 fully saturated rings. The summed E-state index contributed by atoms with van der Waals surface area (Å²) in [5.74, 6) is 3.34. The molecule has 1 amide bonds. The van der Waals surface area contributed by atoms with Crippen molar-refractivity contribution in [1.82, 2.24) is 10.2 Å². The number of rotatable bonds is 6. The molecule has 0 radical (unpaired) electrons. The smallest absolute Gasteiger partial charge is 0.230 e. The first kappa shape index (κ1) is 19.1. The minimum atomic E-state index is -0.406. The topological polar surface area (TPSA) is 50.8 Å². The third-order valence-electron chi connectivity index (χ3n) is 6.49. The van der Waals surface area contributed by atoms with Gasteiger partial charge in [-0.25, -0.2) is 0 Å². The number of nitrogens with one attached hydrogen (secondary N) is 1. The molecule has 1 aliphatic carbocycles. The molecule has 2 saturated heterocycles. The monoisotopic (exact) mass is 390 g/mol. The lowest BCUT2D eigenvalue weighted by molar-refractivity contribution is -0.125. The Morgan fingerprint density at radius 1 is 1.19 bits per heavy atom. The van der Waals surface area contributed by atoms with Crippen LogP contribution in [0, 0.1) is 0 Å². The van der Waals surface area contributed by atoms with Crippen LogP contribution < -0.4 is 10.1 Å². The number of para-hydroxylation sites is 1. The van der Waals surface area contributed by atoms with Crippen molar-refractivity contribution in [3.63, 3.8) is 0 Å². The van der Waals surface area contributed by atoms with Crippen molar-refractivity contribution >= 4 is 17.7 Å². The predicted molar refractivity (Wildman–Crippen MR) is 109 cm³/mol. The Kier molecular flexibility index (Phi) is 5.67. The number of ether oxygens (including phenoxy) is 2. The third kappa shape index (κ3) is 3.71. The highest BCUT2D eigenvalue weighted by Gasteiger charge is 2.53. The van der Waals surface area contributed by atoms with Crippen LogP contribution in [0.5, 0.6) is 5.75 Å². The molecule has 27 heavy (non-hydrogen) atoms. The fourth-order valence-electron chi connectivity index (χ4n) is 4.59. The second-order valence-corrected chi connectivity index (χ2v) is 9.13. The molecule has 1 N–H and O–H groups in total. The largest absolute Gasteiger partial charge is 0.496 e. The van der Waals surface area contributed by atoms with Crippen LogP contribution >= 0.6 is 11.8 Å². The summed E-state index contributed by atoms with van der Waals surface area (Å²) in [6.07, 6.45) is 3.80. The van der Waals surface area contributed by atoms with E-state index in [0.717, 1.165) is 69.8 Å². The molecule has 148 valence electrons. The van der Waals surface area contributed by atoms with E-state index in [1.165, 1.54) is 11.5 Å². The minimum Gasteiger partial charge on any atom is -0.496 e. The lowest BCUT2D eigenvalue weighted by Crippen LogP contribution is -2.61. The van der Waals surface area contributed by atoms with Crippen molar-refractivity contribution in [2.75, 3.05) is 51.5 Å². The van der Waals surface area contributed by atoms with Gasteiger partial charge in [-0.1, -0.05) is 18.2 Å². The molecule has 0 bridgehead atoms. The molecule has 2 aliphatic heterocycles. The lowest BCUT2D eigenvalue weighted by Gasteiger charge is -2.48. The highest BCUT2D eigenvalue weighted by molar-refractivity contribution is 7.99. The molecule has 3 aliphatic rings. The van der Waals surface area contributed by atoms with E-state index in [-0.39, 0.29) is 11.4 Å². The zero-order chi connectivity index (χ0) is 18.7. The van der Waals surface area contributed by atoms with Crippen LogP contribution in [0.15, 0.2) is 24.3 Å². The van der Waals surface area contributed by atoms with Gasteiger partial charge in [0, 0.05) is 55.5 Å². The number of methoxy groups -OCH3 is 1. The number of thioether (sulfide) groups is 1. The first-order valence-corrected chi connectivity index (χ1v) is 11.2. The van der Waals surface area contributed by atoms with Crippen molar-refractivity contribution in [1.29, 1.82) is 0 Å². The Balaban J connectivity index is 1.48. The van der Waals surface area contributed by atoms with Crippen molar-refractivity contribution in [3.05, 3.63) is 29.8 Å².